The molecule has 0 amide bonds. The Hall–Kier alpha value is -1.08. The van der Waals surface area contributed by atoms with E-state index in [1.165, 1.54) is 24.8 Å². The molecule has 0 aliphatic carbocycles. The average Bonchev–Trinajstić information content (AvgIpc) is 2.32. The van der Waals surface area contributed by atoms with Crippen LogP contribution in [0, 0.1) is 0 Å². The van der Waals surface area contributed by atoms with Crippen LogP contribution in [0.4, 0.5) is 0 Å². The van der Waals surface area contributed by atoms with Crippen molar-refractivity contribution in [2.45, 2.75) is 31.2 Å². The molecule has 0 radical (unpaired) electrons. The summed E-state index contributed by atoms with van der Waals surface area (Å²) >= 11 is 0. The van der Waals surface area contributed by atoms with Gasteiger partial charge in [0.25, 0.3) is 0 Å². The van der Waals surface area contributed by atoms with Crippen LogP contribution in [-0.2, 0) is 5.54 Å². The Labute approximate surface area is 92.2 Å². The second-order valence-corrected chi connectivity index (χ2v) is 4.32. The van der Waals surface area contributed by atoms with E-state index in [9.17, 15) is 0 Å². The lowest BCUT2D eigenvalue weighted by Crippen LogP contribution is -2.45. The standard InChI is InChI=1S/C14H19N/c1-2-10-14(11-6-7-12-15-14)13-8-4-3-5-9-13/h2-5,8-9,15H,1,6-7,10-12H2. The summed E-state index contributed by atoms with van der Waals surface area (Å²) in [6.45, 7) is 5.01. The number of piperidine rings is 1. The van der Waals surface area contributed by atoms with Gasteiger partial charge < -0.3 is 5.32 Å². The SMILES string of the molecule is C=CCC1(c2ccccc2)CCCCN1. The molecule has 2 rings (SSSR count). The van der Waals surface area contributed by atoms with E-state index in [0.29, 0.717) is 0 Å². The maximum Gasteiger partial charge on any atom is 0.0469 e. The fourth-order valence-electron chi connectivity index (χ4n) is 2.51. The first-order chi connectivity index (χ1) is 7.37. The number of rotatable bonds is 3. The molecule has 1 atom stereocenters. The third-order valence-electron chi connectivity index (χ3n) is 3.31. The fourth-order valence-corrected chi connectivity index (χ4v) is 2.51. The molecule has 1 aliphatic rings. The van der Waals surface area contributed by atoms with Crippen LogP contribution in [0.3, 0.4) is 0 Å². The minimum Gasteiger partial charge on any atom is -0.307 e. The molecule has 0 aromatic heterocycles. The van der Waals surface area contributed by atoms with Gasteiger partial charge in [0.2, 0.25) is 0 Å². The van der Waals surface area contributed by atoms with E-state index >= 15 is 0 Å². The van der Waals surface area contributed by atoms with Gasteiger partial charge in [0, 0.05) is 5.54 Å². The molecule has 1 aromatic rings. The zero-order valence-corrected chi connectivity index (χ0v) is 9.21. The minimum absolute atomic E-state index is 0.154. The van der Waals surface area contributed by atoms with E-state index in [-0.39, 0.29) is 5.54 Å². The molecule has 1 aliphatic heterocycles. The minimum atomic E-state index is 0.154. The lowest BCUT2D eigenvalue weighted by Gasteiger charge is -2.38. The predicted molar refractivity (Wildman–Crippen MR) is 64.8 cm³/mol. The number of benzene rings is 1. The van der Waals surface area contributed by atoms with Crippen molar-refractivity contribution in [2.24, 2.45) is 0 Å². The molecule has 0 saturated carbocycles. The predicted octanol–water partition coefficient (Wildman–Crippen LogP) is 3.23. The van der Waals surface area contributed by atoms with Crippen LogP contribution in [0.5, 0.6) is 0 Å². The zero-order chi connectivity index (χ0) is 10.6. The molecule has 15 heavy (non-hydrogen) atoms. The Balaban J connectivity index is 2.29. The van der Waals surface area contributed by atoms with Gasteiger partial charge in [-0.25, -0.2) is 0 Å². The highest BCUT2D eigenvalue weighted by Crippen LogP contribution is 2.33. The second-order valence-electron chi connectivity index (χ2n) is 4.32. The van der Waals surface area contributed by atoms with Gasteiger partial charge >= 0.3 is 0 Å². The van der Waals surface area contributed by atoms with Gasteiger partial charge in [0.05, 0.1) is 0 Å². The smallest absolute Gasteiger partial charge is 0.0469 e. The van der Waals surface area contributed by atoms with E-state index in [2.05, 4.69) is 42.2 Å². The van der Waals surface area contributed by atoms with Gasteiger partial charge in [-0.05, 0) is 37.8 Å². The Kier molecular flexibility index (Phi) is 3.22. The molecule has 1 nitrogen and oxygen atoms in total. The van der Waals surface area contributed by atoms with Gasteiger partial charge in [-0.15, -0.1) is 6.58 Å². The molecule has 1 heteroatoms. The van der Waals surface area contributed by atoms with Crippen molar-refractivity contribution in [3.8, 4) is 0 Å². The van der Waals surface area contributed by atoms with Gasteiger partial charge in [-0.3, -0.25) is 0 Å². The van der Waals surface area contributed by atoms with E-state index in [4.69, 9.17) is 0 Å². The molecule has 1 aromatic carbocycles. The Morgan fingerprint density at radius 3 is 2.67 bits per heavy atom. The van der Waals surface area contributed by atoms with Crippen LogP contribution in [0.15, 0.2) is 43.0 Å². The summed E-state index contributed by atoms with van der Waals surface area (Å²) in [5.74, 6) is 0. The highest BCUT2D eigenvalue weighted by molar-refractivity contribution is 5.26. The number of hydrogen-bond donors (Lipinski definition) is 1. The summed E-state index contributed by atoms with van der Waals surface area (Å²) in [6, 6.07) is 10.8. The van der Waals surface area contributed by atoms with E-state index in [1.807, 2.05) is 6.08 Å². The summed E-state index contributed by atoms with van der Waals surface area (Å²) in [5.41, 5.74) is 1.56. The van der Waals surface area contributed by atoms with E-state index < -0.39 is 0 Å². The third-order valence-corrected chi connectivity index (χ3v) is 3.31. The van der Waals surface area contributed by atoms with Gasteiger partial charge in [0.1, 0.15) is 0 Å². The van der Waals surface area contributed by atoms with Crippen LogP contribution in [-0.4, -0.2) is 6.54 Å². The maximum absolute atomic E-state index is 3.89. The van der Waals surface area contributed by atoms with Crippen LogP contribution in [0.25, 0.3) is 0 Å². The molecule has 1 unspecified atom stereocenters. The highest BCUT2D eigenvalue weighted by Gasteiger charge is 2.31. The Morgan fingerprint density at radius 1 is 1.27 bits per heavy atom. The topological polar surface area (TPSA) is 12.0 Å². The molecule has 0 bridgehead atoms. The second kappa shape index (κ2) is 4.63. The fraction of sp³-hybridized carbons (Fsp3) is 0.429. The molecule has 80 valence electrons. The number of hydrogen-bond acceptors (Lipinski definition) is 1. The van der Waals surface area contributed by atoms with Crippen LogP contribution in [0.1, 0.15) is 31.2 Å². The first-order valence-corrected chi connectivity index (χ1v) is 5.79. The lowest BCUT2D eigenvalue weighted by molar-refractivity contribution is 0.259. The normalized spacial score (nSPS) is 26.1. The summed E-state index contributed by atoms with van der Waals surface area (Å²) in [7, 11) is 0. The molecule has 1 heterocycles. The summed E-state index contributed by atoms with van der Waals surface area (Å²) in [5, 5.41) is 3.68. The molecular formula is C14H19N. The van der Waals surface area contributed by atoms with Gasteiger partial charge in [-0.2, -0.15) is 0 Å². The molecule has 1 saturated heterocycles. The maximum atomic E-state index is 3.89. The lowest BCUT2D eigenvalue weighted by atomic mass is 9.80. The van der Waals surface area contributed by atoms with Crippen molar-refractivity contribution in [3.05, 3.63) is 48.6 Å². The average molecular weight is 201 g/mol. The molecular weight excluding hydrogens is 182 g/mol. The summed E-state index contributed by atoms with van der Waals surface area (Å²) in [4.78, 5) is 0. The van der Waals surface area contributed by atoms with Crippen molar-refractivity contribution in [3.63, 3.8) is 0 Å². The first kappa shape index (κ1) is 10.4. The molecule has 0 spiro atoms. The first-order valence-electron chi connectivity index (χ1n) is 5.79. The van der Waals surface area contributed by atoms with Gasteiger partial charge in [0.15, 0.2) is 0 Å². The zero-order valence-electron chi connectivity index (χ0n) is 9.21. The Bertz CT molecular complexity index is 309. The Morgan fingerprint density at radius 2 is 2.07 bits per heavy atom. The molecule has 1 fully saturated rings. The van der Waals surface area contributed by atoms with E-state index in [0.717, 1.165) is 13.0 Å². The van der Waals surface area contributed by atoms with Crippen molar-refractivity contribution in [1.29, 1.82) is 0 Å². The van der Waals surface area contributed by atoms with Crippen molar-refractivity contribution < 1.29 is 0 Å². The monoisotopic (exact) mass is 201 g/mol. The van der Waals surface area contributed by atoms with E-state index in [1.54, 1.807) is 0 Å². The summed E-state index contributed by atoms with van der Waals surface area (Å²) in [6.07, 6.45) is 6.90. The van der Waals surface area contributed by atoms with Crippen LogP contribution in [0.2, 0.25) is 0 Å². The van der Waals surface area contributed by atoms with Crippen molar-refractivity contribution in [1.82, 2.24) is 5.32 Å². The van der Waals surface area contributed by atoms with Crippen LogP contribution < -0.4 is 5.32 Å². The van der Waals surface area contributed by atoms with Crippen LogP contribution >= 0.6 is 0 Å². The summed E-state index contributed by atoms with van der Waals surface area (Å²) < 4.78 is 0. The quantitative estimate of drug-likeness (QED) is 0.740. The van der Waals surface area contributed by atoms with Crippen molar-refractivity contribution in [2.75, 3.05) is 6.54 Å². The molecule has 1 N–H and O–H groups in total. The largest absolute Gasteiger partial charge is 0.307 e. The highest BCUT2D eigenvalue weighted by atomic mass is 15.0. The van der Waals surface area contributed by atoms with Crippen molar-refractivity contribution >= 4 is 0 Å². The van der Waals surface area contributed by atoms with Gasteiger partial charge in [-0.1, -0.05) is 36.4 Å². The number of nitrogens with one attached hydrogen (secondary N) is 1. The third kappa shape index (κ3) is 2.13.